The molecule has 3 aromatic rings. The molecular weight excluding hydrogens is 394 g/mol. The third-order valence-electron chi connectivity index (χ3n) is 4.02. The van der Waals surface area contributed by atoms with Gasteiger partial charge in [-0.25, -0.2) is 0 Å². The average molecular weight is 411 g/mol. The van der Waals surface area contributed by atoms with Crippen LogP contribution >= 0.6 is 0 Å². The number of nitro benzene ring substituents is 1. The maximum Gasteiger partial charge on any atom is 0.389 e. The summed E-state index contributed by atoms with van der Waals surface area (Å²) >= 11 is 0. The Hall–Kier alpha value is -4.28. The lowest BCUT2D eigenvalue weighted by atomic mass is 10.2. The molecule has 30 heavy (non-hydrogen) atoms. The third-order valence-corrected chi connectivity index (χ3v) is 4.02. The fraction of sp³-hybridized carbons (Fsp3) is 0.158. The lowest BCUT2D eigenvalue weighted by Gasteiger charge is -2.09. The number of nitrogens with one attached hydrogen (secondary N) is 1. The zero-order valence-corrected chi connectivity index (χ0v) is 15.8. The third kappa shape index (κ3) is 5.38. The second-order valence-electron chi connectivity index (χ2n) is 6.38. The number of non-ortho nitro benzene ring substituents is 1. The van der Waals surface area contributed by atoms with Crippen molar-refractivity contribution in [2.75, 3.05) is 5.32 Å². The van der Waals surface area contributed by atoms with Gasteiger partial charge in [0.25, 0.3) is 5.69 Å². The number of hydrogen-bond acceptors (Lipinski definition) is 7. The first-order valence-corrected chi connectivity index (χ1v) is 8.82. The highest BCUT2D eigenvalue weighted by Gasteiger charge is 2.15. The monoisotopic (exact) mass is 411 g/mol. The van der Waals surface area contributed by atoms with E-state index in [4.69, 9.17) is 4.74 Å². The molecule has 0 unspecified atom stereocenters. The number of amides is 1. The van der Waals surface area contributed by atoms with Crippen LogP contribution in [0, 0.1) is 27.2 Å². The van der Waals surface area contributed by atoms with Crippen LogP contribution in [0.25, 0.3) is 0 Å². The molecule has 1 amide bonds. The van der Waals surface area contributed by atoms with Crippen molar-refractivity contribution < 1.29 is 19.4 Å². The van der Waals surface area contributed by atoms with Crippen molar-refractivity contribution in [2.45, 2.75) is 19.9 Å². The molecule has 0 aliphatic carbocycles. The molecule has 0 bridgehead atoms. The molecule has 154 valence electrons. The molecule has 11 nitrogen and oxygen atoms in total. The Morgan fingerprint density at radius 3 is 2.43 bits per heavy atom. The van der Waals surface area contributed by atoms with Gasteiger partial charge in [-0.05, 0) is 24.0 Å². The van der Waals surface area contributed by atoms with Crippen molar-refractivity contribution in [2.24, 2.45) is 0 Å². The van der Waals surface area contributed by atoms with Crippen molar-refractivity contribution in [3.8, 4) is 11.5 Å². The Balaban J connectivity index is 1.69. The average Bonchev–Trinajstić information content (AvgIpc) is 3.17. The molecule has 0 aliphatic rings. The summed E-state index contributed by atoms with van der Waals surface area (Å²) in [5.74, 6) is -0.0494. The normalized spacial score (nSPS) is 10.4. The number of hydrogen-bond donors (Lipinski definition) is 1. The highest BCUT2D eigenvalue weighted by atomic mass is 16.6. The minimum atomic E-state index is -0.630. The fourth-order valence-electron chi connectivity index (χ4n) is 2.57. The first-order chi connectivity index (χ1) is 14.3. The van der Waals surface area contributed by atoms with Gasteiger partial charge >= 0.3 is 5.82 Å². The SMILES string of the molecule is Cc1ccc(Oc2cc(NC(=O)CCn3ccc([N+](=O)[O-])n3)cc([N+](=O)[O-])c2)cc1. The molecule has 0 radical (unpaired) electrons. The number of nitro groups is 2. The summed E-state index contributed by atoms with van der Waals surface area (Å²) in [5.41, 5.74) is 0.997. The van der Waals surface area contributed by atoms with E-state index >= 15 is 0 Å². The topological polar surface area (TPSA) is 142 Å². The molecule has 1 N–H and O–H groups in total. The van der Waals surface area contributed by atoms with Gasteiger partial charge in [0.05, 0.1) is 40.6 Å². The maximum absolute atomic E-state index is 12.2. The molecule has 0 saturated heterocycles. The van der Waals surface area contributed by atoms with Crippen LogP contribution in [0.1, 0.15) is 12.0 Å². The zero-order valence-electron chi connectivity index (χ0n) is 15.8. The van der Waals surface area contributed by atoms with Crippen LogP contribution in [0.4, 0.5) is 17.2 Å². The number of benzene rings is 2. The van der Waals surface area contributed by atoms with E-state index in [1.807, 2.05) is 19.1 Å². The molecule has 1 aromatic heterocycles. The zero-order chi connectivity index (χ0) is 21.7. The van der Waals surface area contributed by atoms with E-state index in [1.54, 1.807) is 12.1 Å². The summed E-state index contributed by atoms with van der Waals surface area (Å²) in [7, 11) is 0. The Kier molecular flexibility index (Phi) is 6.01. The van der Waals surface area contributed by atoms with Crippen LogP contribution in [0.2, 0.25) is 0 Å². The Labute approximate surface area is 170 Å². The van der Waals surface area contributed by atoms with Crippen molar-refractivity contribution in [3.05, 3.63) is 80.5 Å². The minimum absolute atomic E-state index is 0.0321. The van der Waals surface area contributed by atoms with E-state index in [2.05, 4.69) is 10.4 Å². The number of aromatic nitrogens is 2. The Bertz CT molecular complexity index is 1090. The van der Waals surface area contributed by atoms with E-state index in [0.717, 1.165) is 5.56 Å². The maximum atomic E-state index is 12.2. The van der Waals surface area contributed by atoms with Gasteiger partial charge in [-0.15, -0.1) is 0 Å². The molecule has 0 saturated carbocycles. The van der Waals surface area contributed by atoms with Gasteiger partial charge in [-0.2, -0.15) is 4.68 Å². The van der Waals surface area contributed by atoms with Gasteiger partial charge in [-0.3, -0.25) is 14.9 Å². The van der Waals surface area contributed by atoms with Gasteiger partial charge in [0.15, 0.2) is 0 Å². The standard InChI is InChI=1S/C19H17N5O6/c1-13-2-4-16(5-3-13)30-17-11-14(10-15(12-17)23(26)27)20-19(25)7-9-22-8-6-18(21-22)24(28)29/h2-6,8,10-12H,7,9H2,1H3,(H,20,25). The number of aryl methyl sites for hydroxylation is 2. The molecule has 0 fully saturated rings. The number of anilines is 1. The van der Waals surface area contributed by atoms with E-state index < -0.39 is 15.8 Å². The molecule has 2 aromatic carbocycles. The number of carbonyl (C=O) groups is 1. The second-order valence-corrected chi connectivity index (χ2v) is 6.38. The van der Waals surface area contributed by atoms with Crippen LogP contribution in [0.5, 0.6) is 11.5 Å². The first-order valence-electron chi connectivity index (χ1n) is 8.82. The molecular formula is C19H17N5O6. The highest BCUT2D eigenvalue weighted by molar-refractivity contribution is 5.91. The van der Waals surface area contributed by atoms with Crippen LogP contribution in [0.15, 0.2) is 54.7 Å². The van der Waals surface area contributed by atoms with Crippen molar-refractivity contribution in [1.29, 1.82) is 0 Å². The predicted octanol–water partition coefficient (Wildman–Crippen LogP) is 3.83. The predicted molar refractivity (Wildman–Crippen MR) is 106 cm³/mol. The minimum Gasteiger partial charge on any atom is -0.457 e. The lowest BCUT2D eigenvalue weighted by Crippen LogP contribution is -2.15. The van der Waals surface area contributed by atoms with Crippen LogP contribution in [-0.4, -0.2) is 25.5 Å². The number of ether oxygens (including phenoxy) is 1. The number of nitrogens with zero attached hydrogens (tertiary/aromatic N) is 4. The van der Waals surface area contributed by atoms with Gasteiger partial charge in [0.2, 0.25) is 5.91 Å². The Morgan fingerprint density at radius 2 is 1.80 bits per heavy atom. The lowest BCUT2D eigenvalue weighted by molar-refractivity contribution is -0.389. The smallest absolute Gasteiger partial charge is 0.389 e. The van der Waals surface area contributed by atoms with Gasteiger partial charge in [0.1, 0.15) is 11.5 Å². The first kappa shape index (κ1) is 20.5. The van der Waals surface area contributed by atoms with Gasteiger partial charge in [0, 0.05) is 18.6 Å². The summed E-state index contributed by atoms with van der Waals surface area (Å²) in [6.45, 7) is 2.04. The van der Waals surface area contributed by atoms with E-state index in [-0.39, 0.29) is 35.9 Å². The summed E-state index contributed by atoms with van der Waals surface area (Å²) < 4.78 is 6.94. The van der Waals surface area contributed by atoms with Crippen LogP contribution < -0.4 is 10.1 Å². The summed E-state index contributed by atoms with van der Waals surface area (Å²) in [4.78, 5) is 32.9. The second kappa shape index (κ2) is 8.82. The molecule has 0 spiro atoms. The highest BCUT2D eigenvalue weighted by Crippen LogP contribution is 2.30. The molecule has 11 heteroatoms. The fourth-order valence-corrected chi connectivity index (χ4v) is 2.57. The van der Waals surface area contributed by atoms with Crippen LogP contribution in [0.3, 0.4) is 0 Å². The van der Waals surface area contributed by atoms with Crippen molar-refractivity contribution in [3.63, 3.8) is 0 Å². The summed E-state index contributed by atoms with van der Waals surface area (Å²) in [6.07, 6.45) is 1.36. The summed E-state index contributed by atoms with van der Waals surface area (Å²) in [5, 5.41) is 28.2. The molecule has 3 rings (SSSR count). The van der Waals surface area contributed by atoms with E-state index in [1.165, 1.54) is 35.1 Å². The summed E-state index contributed by atoms with van der Waals surface area (Å²) in [6, 6.07) is 12.3. The molecule has 1 heterocycles. The van der Waals surface area contributed by atoms with Crippen LogP contribution in [-0.2, 0) is 11.3 Å². The molecule has 0 atom stereocenters. The van der Waals surface area contributed by atoms with Gasteiger partial charge in [-0.1, -0.05) is 17.7 Å². The van der Waals surface area contributed by atoms with Crippen molar-refractivity contribution >= 4 is 23.1 Å². The van der Waals surface area contributed by atoms with E-state index in [9.17, 15) is 25.0 Å². The quantitative estimate of drug-likeness (QED) is 0.438. The molecule has 0 aliphatic heterocycles. The Morgan fingerprint density at radius 1 is 1.07 bits per heavy atom. The van der Waals surface area contributed by atoms with E-state index in [0.29, 0.717) is 5.75 Å². The largest absolute Gasteiger partial charge is 0.457 e. The number of carbonyl (C=O) groups excluding carboxylic acids is 1. The van der Waals surface area contributed by atoms with Gasteiger partial charge < -0.3 is 20.2 Å². The number of rotatable bonds is 8. The van der Waals surface area contributed by atoms with Crippen molar-refractivity contribution in [1.82, 2.24) is 9.78 Å².